The fourth-order valence-corrected chi connectivity index (χ4v) is 2.40. The topological polar surface area (TPSA) is 59.8 Å². The summed E-state index contributed by atoms with van der Waals surface area (Å²) in [5.41, 5.74) is 1.54. The summed E-state index contributed by atoms with van der Waals surface area (Å²) in [6.07, 6.45) is 4.10. The van der Waals surface area contributed by atoms with Crippen LogP contribution in [-0.2, 0) is 6.54 Å². The van der Waals surface area contributed by atoms with Crippen molar-refractivity contribution < 1.29 is 4.79 Å². The van der Waals surface area contributed by atoms with Gasteiger partial charge >= 0.3 is 0 Å². The Labute approximate surface area is 128 Å². The Balaban J connectivity index is 1.56. The van der Waals surface area contributed by atoms with Crippen LogP contribution in [0.3, 0.4) is 0 Å². The molecule has 0 atom stereocenters. The second-order valence-electron chi connectivity index (χ2n) is 5.38. The summed E-state index contributed by atoms with van der Waals surface area (Å²) in [6, 6.07) is 5.33. The average Bonchev–Trinajstić information content (AvgIpc) is 3.21. The summed E-state index contributed by atoms with van der Waals surface area (Å²) in [4.78, 5) is 12.1. The number of amides is 1. The molecular formula is C15H17ClN4O. The van der Waals surface area contributed by atoms with Crippen molar-refractivity contribution in [2.24, 2.45) is 0 Å². The van der Waals surface area contributed by atoms with Gasteiger partial charge in [-0.15, -0.1) is 10.2 Å². The van der Waals surface area contributed by atoms with Crippen molar-refractivity contribution in [1.29, 1.82) is 0 Å². The Hall–Kier alpha value is -1.88. The van der Waals surface area contributed by atoms with Crippen molar-refractivity contribution in [1.82, 2.24) is 20.1 Å². The molecule has 0 saturated heterocycles. The molecule has 6 heteroatoms. The van der Waals surface area contributed by atoms with Gasteiger partial charge in [0.25, 0.3) is 5.91 Å². The largest absolute Gasteiger partial charge is 0.350 e. The molecule has 0 unspecified atom stereocenters. The molecule has 3 rings (SSSR count). The molecule has 1 aromatic heterocycles. The van der Waals surface area contributed by atoms with Gasteiger partial charge in [0.2, 0.25) is 0 Å². The first kappa shape index (κ1) is 14.1. The van der Waals surface area contributed by atoms with Crippen LogP contribution in [-0.4, -0.2) is 27.2 Å². The second kappa shape index (κ2) is 5.85. The molecule has 0 spiro atoms. The number of benzene rings is 1. The monoisotopic (exact) mass is 304 g/mol. The summed E-state index contributed by atoms with van der Waals surface area (Å²) in [5, 5.41) is 11.6. The van der Waals surface area contributed by atoms with Gasteiger partial charge in [-0.3, -0.25) is 4.79 Å². The lowest BCUT2D eigenvalue weighted by molar-refractivity contribution is 0.0952. The molecule has 0 bridgehead atoms. The van der Waals surface area contributed by atoms with E-state index in [1.807, 2.05) is 17.6 Å². The Morgan fingerprint density at radius 2 is 2.29 bits per heavy atom. The van der Waals surface area contributed by atoms with E-state index in [0.29, 0.717) is 29.6 Å². The maximum absolute atomic E-state index is 12.1. The fourth-order valence-electron chi connectivity index (χ4n) is 2.22. The summed E-state index contributed by atoms with van der Waals surface area (Å²) >= 11 is 6.04. The smallest absolute Gasteiger partial charge is 0.251 e. The normalized spacial score (nSPS) is 14.2. The Morgan fingerprint density at radius 3 is 3.00 bits per heavy atom. The van der Waals surface area contributed by atoms with Crippen LogP contribution in [0.4, 0.5) is 0 Å². The second-order valence-corrected chi connectivity index (χ2v) is 5.78. The van der Waals surface area contributed by atoms with Crippen LogP contribution in [0.25, 0.3) is 0 Å². The molecule has 1 fully saturated rings. The highest BCUT2D eigenvalue weighted by atomic mass is 35.5. The summed E-state index contributed by atoms with van der Waals surface area (Å²) in [7, 11) is 0. The number of hydrogen-bond acceptors (Lipinski definition) is 3. The first-order chi connectivity index (χ1) is 10.1. The SMILES string of the molecule is Cc1ccc(C(=O)NCCn2cnnc2C2CC2)cc1Cl. The van der Waals surface area contributed by atoms with E-state index >= 15 is 0 Å². The third-order valence-electron chi connectivity index (χ3n) is 3.66. The third-order valence-corrected chi connectivity index (χ3v) is 4.07. The highest BCUT2D eigenvalue weighted by Gasteiger charge is 2.28. The van der Waals surface area contributed by atoms with E-state index in [-0.39, 0.29) is 5.91 Å². The van der Waals surface area contributed by atoms with E-state index in [0.717, 1.165) is 11.4 Å². The number of carbonyl (C=O) groups is 1. The standard InChI is InChI=1S/C15H17ClN4O/c1-10-2-3-12(8-13(10)16)15(21)17-6-7-20-9-18-19-14(20)11-4-5-11/h2-3,8-9,11H,4-7H2,1H3,(H,17,21). The number of rotatable bonds is 5. The van der Waals surface area contributed by atoms with Crippen molar-refractivity contribution in [2.75, 3.05) is 6.54 Å². The van der Waals surface area contributed by atoms with Crippen molar-refractivity contribution >= 4 is 17.5 Å². The molecule has 1 aromatic carbocycles. The minimum absolute atomic E-state index is 0.113. The third kappa shape index (κ3) is 3.24. The van der Waals surface area contributed by atoms with Crippen LogP contribution in [0.5, 0.6) is 0 Å². The van der Waals surface area contributed by atoms with Crippen molar-refractivity contribution in [3.8, 4) is 0 Å². The number of halogens is 1. The molecule has 1 aliphatic rings. The van der Waals surface area contributed by atoms with E-state index in [1.54, 1.807) is 18.5 Å². The number of nitrogens with zero attached hydrogens (tertiary/aromatic N) is 3. The molecule has 1 amide bonds. The zero-order valence-electron chi connectivity index (χ0n) is 11.8. The van der Waals surface area contributed by atoms with Gasteiger partial charge in [0.15, 0.2) is 0 Å². The van der Waals surface area contributed by atoms with Crippen LogP contribution in [0.1, 0.15) is 40.5 Å². The van der Waals surface area contributed by atoms with Crippen molar-refractivity contribution in [3.05, 3.63) is 46.5 Å². The quantitative estimate of drug-likeness (QED) is 0.923. The van der Waals surface area contributed by atoms with Gasteiger partial charge < -0.3 is 9.88 Å². The highest BCUT2D eigenvalue weighted by Crippen LogP contribution is 2.38. The van der Waals surface area contributed by atoms with Gasteiger partial charge in [0.1, 0.15) is 12.2 Å². The molecule has 1 saturated carbocycles. The van der Waals surface area contributed by atoms with Gasteiger partial charge in [-0.25, -0.2) is 0 Å². The molecule has 1 N–H and O–H groups in total. The van der Waals surface area contributed by atoms with Gasteiger partial charge in [-0.2, -0.15) is 0 Å². The van der Waals surface area contributed by atoms with E-state index < -0.39 is 0 Å². The minimum atomic E-state index is -0.113. The summed E-state index contributed by atoms with van der Waals surface area (Å²) < 4.78 is 2.01. The summed E-state index contributed by atoms with van der Waals surface area (Å²) in [6.45, 7) is 3.14. The van der Waals surface area contributed by atoms with E-state index in [9.17, 15) is 4.79 Å². The first-order valence-electron chi connectivity index (χ1n) is 7.07. The van der Waals surface area contributed by atoms with Crippen LogP contribution >= 0.6 is 11.6 Å². The van der Waals surface area contributed by atoms with Crippen LogP contribution < -0.4 is 5.32 Å². The molecule has 110 valence electrons. The van der Waals surface area contributed by atoms with E-state index in [1.165, 1.54) is 12.8 Å². The van der Waals surface area contributed by atoms with Crippen LogP contribution in [0.2, 0.25) is 5.02 Å². The lowest BCUT2D eigenvalue weighted by Crippen LogP contribution is -2.27. The Morgan fingerprint density at radius 1 is 1.48 bits per heavy atom. The molecule has 1 heterocycles. The zero-order valence-corrected chi connectivity index (χ0v) is 12.6. The Kier molecular flexibility index (Phi) is 3.92. The van der Waals surface area contributed by atoms with Gasteiger partial charge in [0.05, 0.1) is 0 Å². The number of nitrogens with one attached hydrogen (secondary N) is 1. The lowest BCUT2D eigenvalue weighted by Gasteiger charge is -2.08. The number of aryl methyl sites for hydroxylation is 1. The predicted molar refractivity (Wildman–Crippen MR) is 80.5 cm³/mol. The molecule has 1 aliphatic carbocycles. The highest BCUT2D eigenvalue weighted by molar-refractivity contribution is 6.31. The number of hydrogen-bond donors (Lipinski definition) is 1. The maximum Gasteiger partial charge on any atom is 0.251 e. The molecule has 2 aromatic rings. The zero-order chi connectivity index (χ0) is 14.8. The van der Waals surface area contributed by atoms with Crippen LogP contribution in [0, 0.1) is 6.92 Å². The van der Waals surface area contributed by atoms with Gasteiger partial charge in [0, 0.05) is 29.6 Å². The maximum atomic E-state index is 12.1. The predicted octanol–water partition coefficient (Wildman–Crippen LogP) is 2.55. The lowest BCUT2D eigenvalue weighted by atomic mass is 10.1. The Bertz CT molecular complexity index is 663. The molecule has 5 nitrogen and oxygen atoms in total. The van der Waals surface area contributed by atoms with E-state index in [2.05, 4.69) is 15.5 Å². The number of aromatic nitrogens is 3. The number of carbonyl (C=O) groups excluding carboxylic acids is 1. The molecule has 21 heavy (non-hydrogen) atoms. The molecular weight excluding hydrogens is 288 g/mol. The summed E-state index contributed by atoms with van der Waals surface area (Å²) in [5.74, 6) is 1.47. The van der Waals surface area contributed by atoms with Gasteiger partial charge in [-0.1, -0.05) is 17.7 Å². The molecule has 0 aliphatic heterocycles. The van der Waals surface area contributed by atoms with E-state index in [4.69, 9.17) is 11.6 Å². The van der Waals surface area contributed by atoms with Crippen molar-refractivity contribution in [3.63, 3.8) is 0 Å². The fraction of sp³-hybridized carbons (Fsp3) is 0.400. The van der Waals surface area contributed by atoms with Gasteiger partial charge in [-0.05, 0) is 37.5 Å². The molecule has 0 radical (unpaired) electrons. The average molecular weight is 305 g/mol. The minimum Gasteiger partial charge on any atom is -0.350 e. The first-order valence-corrected chi connectivity index (χ1v) is 7.45. The van der Waals surface area contributed by atoms with Crippen LogP contribution in [0.15, 0.2) is 24.5 Å². The van der Waals surface area contributed by atoms with Crippen molar-refractivity contribution in [2.45, 2.75) is 32.2 Å².